The number of nitrogens with zero attached hydrogens (tertiary/aromatic N) is 6. The van der Waals surface area contributed by atoms with Crippen LogP contribution in [0.3, 0.4) is 0 Å². The fraction of sp³-hybridized carbons (Fsp3) is 0.565. The van der Waals surface area contributed by atoms with Gasteiger partial charge in [0.1, 0.15) is 0 Å². The van der Waals surface area contributed by atoms with Crippen molar-refractivity contribution in [1.82, 2.24) is 23.4 Å². The molecule has 1 aliphatic heterocycles. The molecule has 1 aromatic carbocycles. The van der Waals surface area contributed by atoms with Crippen molar-refractivity contribution >= 4 is 28.0 Å². The lowest BCUT2D eigenvalue weighted by Crippen LogP contribution is -2.41. The lowest BCUT2D eigenvalue weighted by atomic mass is 9.94. The number of aliphatic hydroxyl groups is 1. The van der Waals surface area contributed by atoms with E-state index >= 15 is 0 Å². The average Bonchev–Trinajstić information content (AvgIpc) is 3.40. The maximum Gasteiger partial charge on any atom is 0.305 e. The van der Waals surface area contributed by atoms with E-state index in [1.807, 2.05) is 24.3 Å². The quantitative estimate of drug-likeness (QED) is 0.477. The summed E-state index contributed by atoms with van der Waals surface area (Å²) in [5.41, 5.74) is 6.48. The molecule has 3 N–H and O–H groups in total. The number of hydrogen-bond donors (Lipinski definition) is 2. The summed E-state index contributed by atoms with van der Waals surface area (Å²) in [5.74, 6) is -1.96. The van der Waals surface area contributed by atoms with Crippen LogP contribution in [0, 0.1) is 11.3 Å². The minimum atomic E-state index is -3.97. The molecular weight excluding hydrogens is 486 g/mol. The van der Waals surface area contributed by atoms with Gasteiger partial charge in [-0.15, -0.1) is 5.10 Å². The molecule has 13 heteroatoms. The third kappa shape index (κ3) is 5.14. The fourth-order valence-electron chi connectivity index (χ4n) is 3.88. The van der Waals surface area contributed by atoms with Crippen LogP contribution in [-0.2, 0) is 28.1 Å². The first-order valence-corrected chi connectivity index (χ1v) is 13.0. The van der Waals surface area contributed by atoms with E-state index in [1.54, 1.807) is 32.7 Å². The smallest absolute Gasteiger partial charge is 0.305 e. The normalized spacial score (nSPS) is 18.8. The van der Waals surface area contributed by atoms with Crippen LogP contribution in [0.25, 0.3) is 0 Å². The van der Waals surface area contributed by atoms with Gasteiger partial charge in [0, 0.05) is 46.7 Å². The van der Waals surface area contributed by atoms with Crippen LogP contribution in [0.4, 0.5) is 5.95 Å². The van der Waals surface area contributed by atoms with Crippen molar-refractivity contribution in [1.29, 1.82) is 0 Å². The Hall–Kier alpha value is -2.87. The topological polar surface area (TPSA) is 155 Å². The molecule has 3 rings (SSSR count). The van der Waals surface area contributed by atoms with Crippen LogP contribution in [0.1, 0.15) is 48.4 Å². The monoisotopic (exact) mass is 521 g/mol. The highest BCUT2D eigenvalue weighted by atomic mass is 32.2. The number of nitrogens with two attached hydrogens (primary N) is 1. The highest BCUT2D eigenvalue weighted by Crippen LogP contribution is 2.35. The van der Waals surface area contributed by atoms with Crippen molar-refractivity contribution in [3.05, 3.63) is 41.2 Å². The number of rotatable bonds is 9. The molecule has 1 aliphatic rings. The van der Waals surface area contributed by atoms with Gasteiger partial charge in [0.25, 0.3) is 5.91 Å². The molecule has 0 radical (unpaired) electrons. The van der Waals surface area contributed by atoms with Gasteiger partial charge in [-0.3, -0.25) is 9.59 Å². The van der Waals surface area contributed by atoms with E-state index in [9.17, 15) is 23.1 Å². The Bertz CT molecular complexity index is 1220. The van der Waals surface area contributed by atoms with Crippen LogP contribution in [0.5, 0.6) is 0 Å². The second-order valence-corrected chi connectivity index (χ2v) is 12.0. The highest BCUT2D eigenvalue weighted by Gasteiger charge is 2.47. The summed E-state index contributed by atoms with van der Waals surface area (Å²) in [6.45, 7) is 5.11. The summed E-state index contributed by atoms with van der Waals surface area (Å²) in [6, 6.07) is 7.71. The maximum atomic E-state index is 13.3. The van der Waals surface area contributed by atoms with Crippen molar-refractivity contribution in [2.45, 2.75) is 39.8 Å². The van der Waals surface area contributed by atoms with Crippen molar-refractivity contribution < 1.29 is 23.1 Å². The first-order chi connectivity index (χ1) is 16.7. The molecule has 1 fully saturated rings. The lowest BCUT2D eigenvalue weighted by Gasteiger charge is -2.23. The van der Waals surface area contributed by atoms with E-state index in [1.165, 1.54) is 14.1 Å². The van der Waals surface area contributed by atoms with Gasteiger partial charge in [-0.1, -0.05) is 31.2 Å². The summed E-state index contributed by atoms with van der Waals surface area (Å²) in [5, 5.41) is 14.2. The van der Waals surface area contributed by atoms with E-state index < -0.39 is 45.9 Å². The second kappa shape index (κ2) is 10.2. The van der Waals surface area contributed by atoms with Crippen LogP contribution in [0.2, 0.25) is 0 Å². The summed E-state index contributed by atoms with van der Waals surface area (Å²) < 4.78 is 28.3. The molecular formula is C23H35N7O5S. The summed E-state index contributed by atoms with van der Waals surface area (Å²) in [4.78, 5) is 32.5. The molecule has 36 heavy (non-hydrogen) atoms. The molecule has 0 aliphatic carbocycles. The Morgan fingerprint density at radius 1 is 1.19 bits per heavy atom. The van der Waals surface area contributed by atoms with Crippen LogP contribution >= 0.6 is 0 Å². The summed E-state index contributed by atoms with van der Waals surface area (Å²) in [7, 11) is 0.497. The van der Waals surface area contributed by atoms with E-state index in [-0.39, 0.29) is 18.3 Å². The van der Waals surface area contributed by atoms with Gasteiger partial charge in [0.05, 0.1) is 17.9 Å². The van der Waals surface area contributed by atoms with Gasteiger partial charge in [0.15, 0.2) is 5.82 Å². The fourth-order valence-corrected chi connectivity index (χ4v) is 5.01. The SMILES string of the molecule is CC1C(=O)N(S(=O)(=O)N(C)C)CC1c1nc(N(C)Cc2ccc(CN)cc2)n(C(=O)C(C)(C)CO)n1. The van der Waals surface area contributed by atoms with Gasteiger partial charge in [-0.05, 0) is 25.0 Å². The van der Waals surface area contributed by atoms with E-state index in [4.69, 9.17) is 5.73 Å². The molecule has 2 aromatic rings. The number of amides is 1. The highest BCUT2D eigenvalue weighted by molar-refractivity contribution is 7.87. The van der Waals surface area contributed by atoms with Crippen LogP contribution in [0.15, 0.2) is 24.3 Å². The molecule has 12 nitrogen and oxygen atoms in total. The third-order valence-corrected chi connectivity index (χ3v) is 8.27. The molecule has 1 aromatic heterocycles. The van der Waals surface area contributed by atoms with E-state index in [0.29, 0.717) is 13.1 Å². The molecule has 0 bridgehead atoms. The number of hydrogen-bond acceptors (Lipinski definition) is 9. The van der Waals surface area contributed by atoms with Crippen molar-refractivity contribution in [3.8, 4) is 0 Å². The first kappa shape index (κ1) is 27.7. The molecule has 0 spiro atoms. The largest absolute Gasteiger partial charge is 0.395 e. The molecule has 2 atom stereocenters. The summed E-state index contributed by atoms with van der Waals surface area (Å²) >= 11 is 0. The standard InChI is InChI=1S/C23H35N7O5S/c1-15-18(13-29(20(15)32)36(34,35)27(4)5)19-25-22(30(26-19)21(33)23(2,3)14-31)28(6)12-17-9-7-16(11-24)8-10-17/h7-10,15,18,31H,11-14,24H2,1-6H3. The van der Waals surface area contributed by atoms with Crippen molar-refractivity contribution in [2.75, 3.05) is 39.2 Å². The van der Waals surface area contributed by atoms with Crippen LogP contribution < -0.4 is 10.6 Å². The Morgan fingerprint density at radius 3 is 2.31 bits per heavy atom. The summed E-state index contributed by atoms with van der Waals surface area (Å²) in [6.07, 6.45) is 0. The van der Waals surface area contributed by atoms with Gasteiger partial charge in [0.2, 0.25) is 11.9 Å². The Labute approximate surface area is 211 Å². The minimum Gasteiger partial charge on any atom is -0.395 e. The average molecular weight is 522 g/mol. The number of anilines is 1. The zero-order valence-corrected chi connectivity index (χ0v) is 22.4. The van der Waals surface area contributed by atoms with E-state index in [0.717, 1.165) is 24.4 Å². The predicted octanol–water partition coefficient (Wildman–Crippen LogP) is 0.400. The lowest BCUT2D eigenvalue weighted by molar-refractivity contribution is -0.126. The second-order valence-electron chi connectivity index (χ2n) is 9.96. The zero-order chi connectivity index (χ0) is 27.0. The number of aromatic nitrogens is 3. The molecule has 1 saturated heterocycles. The van der Waals surface area contributed by atoms with Crippen LogP contribution in [-0.4, -0.2) is 83.0 Å². The maximum absolute atomic E-state index is 13.3. The number of carbonyl (C=O) groups excluding carboxylic acids is 2. The first-order valence-electron chi connectivity index (χ1n) is 11.6. The van der Waals surface area contributed by atoms with Gasteiger partial charge < -0.3 is 15.7 Å². The molecule has 1 amide bonds. The molecule has 2 unspecified atom stereocenters. The van der Waals surface area contributed by atoms with Gasteiger partial charge in [-0.2, -0.15) is 22.4 Å². The zero-order valence-electron chi connectivity index (χ0n) is 21.5. The Kier molecular flexibility index (Phi) is 7.89. The molecule has 198 valence electrons. The number of aliphatic hydroxyl groups excluding tert-OH is 1. The molecule has 2 heterocycles. The van der Waals surface area contributed by atoms with Crippen molar-refractivity contribution in [3.63, 3.8) is 0 Å². The third-order valence-electron chi connectivity index (χ3n) is 6.47. The Morgan fingerprint density at radius 2 is 1.78 bits per heavy atom. The Balaban J connectivity index is 2.01. The van der Waals surface area contributed by atoms with Crippen molar-refractivity contribution in [2.24, 2.45) is 17.1 Å². The molecule has 0 saturated carbocycles. The van der Waals surface area contributed by atoms with Gasteiger partial charge >= 0.3 is 10.2 Å². The van der Waals surface area contributed by atoms with Gasteiger partial charge in [-0.25, -0.2) is 4.31 Å². The predicted molar refractivity (Wildman–Crippen MR) is 134 cm³/mol. The number of benzene rings is 1. The number of carbonyl (C=O) groups is 2. The van der Waals surface area contributed by atoms with E-state index in [2.05, 4.69) is 10.1 Å². The minimum absolute atomic E-state index is 0.133.